The van der Waals surface area contributed by atoms with E-state index in [4.69, 9.17) is 4.74 Å². The number of aromatic nitrogens is 1. The van der Waals surface area contributed by atoms with Gasteiger partial charge in [0, 0.05) is 18.2 Å². The molecule has 1 aliphatic heterocycles. The predicted octanol–water partition coefficient (Wildman–Crippen LogP) is 3.12. The molecule has 104 valence electrons. The molecular weight excluding hydrogens is 248 g/mol. The average Bonchev–Trinajstić information content (AvgIpc) is 3.01. The van der Waals surface area contributed by atoms with Crippen molar-refractivity contribution in [2.75, 3.05) is 13.1 Å². The lowest BCUT2D eigenvalue weighted by Crippen LogP contribution is -2.21. The zero-order valence-electron chi connectivity index (χ0n) is 11.8. The number of hydrogen-bond acceptors (Lipinski definition) is 3. The highest BCUT2D eigenvalue weighted by atomic mass is 16.5. The fraction of sp³-hybridized carbons (Fsp3) is 0.353. The quantitative estimate of drug-likeness (QED) is 0.925. The molecule has 1 fully saturated rings. The van der Waals surface area contributed by atoms with Gasteiger partial charge in [-0.3, -0.25) is 4.98 Å². The molecule has 0 amide bonds. The molecule has 0 saturated carbocycles. The smallest absolute Gasteiger partial charge is 0.138 e. The number of nitrogens with one attached hydrogen (secondary N) is 1. The van der Waals surface area contributed by atoms with Gasteiger partial charge in [-0.2, -0.15) is 0 Å². The normalized spacial score (nSPS) is 19.8. The maximum Gasteiger partial charge on any atom is 0.138 e. The van der Waals surface area contributed by atoms with Crippen LogP contribution in [-0.2, 0) is 0 Å². The molecule has 0 radical (unpaired) electrons. The average molecular weight is 268 g/mol. The van der Waals surface area contributed by atoms with E-state index in [2.05, 4.69) is 34.6 Å². The zero-order valence-corrected chi connectivity index (χ0v) is 11.8. The Bertz CT molecular complexity index is 533. The van der Waals surface area contributed by atoms with E-state index in [9.17, 15) is 0 Å². The first kappa shape index (κ1) is 13.1. The zero-order chi connectivity index (χ0) is 13.8. The maximum atomic E-state index is 6.24. The first-order valence-electron chi connectivity index (χ1n) is 7.18. The van der Waals surface area contributed by atoms with E-state index in [0.29, 0.717) is 5.92 Å². The van der Waals surface area contributed by atoms with E-state index in [0.717, 1.165) is 31.0 Å². The van der Waals surface area contributed by atoms with Gasteiger partial charge in [0.1, 0.15) is 11.9 Å². The number of pyridine rings is 1. The largest absolute Gasteiger partial charge is 0.484 e. The molecule has 2 aromatic rings. The molecule has 0 bridgehead atoms. The van der Waals surface area contributed by atoms with Crippen LogP contribution in [0, 0.1) is 12.8 Å². The molecule has 1 aromatic heterocycles. The Balaban J connectivity index is 1.83. The fourth-order valence-electron chi connectivity index (χ4n) is 2.69. The minimum absolute atomic E-state index is 0.0932. The van der Waals surface area contributed by atoms with Crippen LogP contribution in [0.4, 0.5) is 0 Å². The summed E-state index contributed by atoms with van der Waals surface area (Å²) in [4.78, 5) is 4.31. The molecule has 20 heavy (non-hydrogen) atoms. The van der Waals surface area contributed by atoms with Crippen molar-refractivity contribution in [2.45, 2.75) is 19.4 Å². The number of ether oxygens (including phenoxy) is 1. The highest BCUT2D eigenvalue weighted by Crippen LogP contribution is 2.31. The molecular formula is C17H20N2O. The summed E-state index contributed by atoms with van der Waals surface area (Å²) in [5.41, 5.74) is 2.25. The highest BCUT2D eigenvalue weighted by molar-refractivity contribution is 5.24. The van der Waals surface area contributed by atoms with Gasteiger partial charge in [0.05, 0.1) is 6.20 Å². The lowest BCUT2D eigenvalue weighted by atomic mass is 9.95. The van der Waals surface area contributed by atoms with Crippen LogP contribution in [-0.4, -0.2) is 18.1 Å². The van der Waals surface area contributed by atoms with E-state index in [1.807, 2.05) is 31.3 Å². The van der Waals surface area contributed by atoms with Crippen LogP contribution >= 0.6 is 0 Å². The summed E-state index contributed by atoms with van der Waals surface area (Å²) >= 11 is 0. The molecule has 0 spiro atoms. The van der Waals surface area contributed by atoms with Crippen LogP contribution in [0.25, 0.3) is 0 Å². The van der Waals surface area contributed by atoms with Gasteiger partial charge in [-0.05, 0) is 37.6 Å². The molecule has 1 aliphatic rings. The lowest BCUT2D eigenvalue weighted by Gasteiger charge is -2.24. The van der Waals surface area contributed by atoms with Crippen molar-refractivity contribution in [3.63, 3.8) is 0 Å². The Hall–Kier alpha value is -1.87. The van der Waals surface area contributed by atoms with Crippen LogP contribution in [0.3, 0.4) is 0 Å². The molecule has 1 N–H and O–H groups in total. The maximum absolute atomic E-state index is 6.24. The van der Waals surface area contributed by atoms with Gasteiger partial charge >= 0.3 is 0 Å². The van der Waals surface area contributed by atoms with Gasteiger partial charge in [0.25, 0.3) is 0 Å². The Kier molecular flexibility index (Phi) is 3.97. The second-order valence-corrected chi connectivity index (χ2v) is 5.34. The van der Waals surface area contributed by atoms with E-state index >= 15 is 0 Å². The van der Waals surface area contributed by atoms with Crippen LogP contribution in [0.5, 0.6) is 5.75 Å². The number of hydrogen-bond donors (Lipinski definition) is 1. The first-order chi connectivity index (χ1) is 9.83. The molecule has 3 rings (SSSR count). The Morgan fingerprint density at radius 3 is 2.70 bits per heavy atom. The Labute approximate surface area is 120 Å². The van der Waals surface area contributed by atoms with E-state index in [1.54, 1.807) is 0 Å². The third-order valence-electron chi connectivity index (χ3n) is 3.80. The SMILES string of the molecule is Cc1ccc(O[C@H](c2ccccc2)[C@@H]2CCNC2)cn1. The number of rotatable bonds is 4. The Morgan fingerprint density at radius 1 is 1.20 bits per heavy atom. The number of benzene rings is 1. The van der Waals surface area contributed by atoms with Crippen molar-refractivity contribution < 1.29 is 4.74 Å². The highest BCUT2D eigenvalue weighted by Gasteiger charge is 2.27. The van der Waals surface area contributed by atoms with Crippen LogP contribution < -0.4 is 10.1 Å². The van der Waals surface area contributed by atoms with Gasteiger partial charge in [-0.1, -0.05) is 30.3 Å². The van der Waals surface area contributed by atoms with Gasteiger partial charge in [-0.15, -0.1) is 0 Å². The summed E-state index contributed by atoms with van der Waals surface area (Å²) in [5.74, 6) is 1.36. The molecule has 0 unspecified atom stereocenters. The molecule has 0 aliphatic carbocycles. The minimum Gasteiger partial charge on any atom is -0.484 e. The van der Waals surface area contributed by atoms with E-state index < -0.39 is 0 Å². The van der Waals surface area contributed by atoms with Gasteiger partial charge < -0.3 is 10.1 Å². The second kappa shape index (κ2) is 6.06. The van der Waals surface area contributed by atoms with Gasteiger partial charge in [0.2, 0.25) is 0 Å². The molecule has 3 heteroatoms. The number of nitrogens with zero attached hydrogens (tertiary/aromatic N) is 1. The molecule has 2 atom stereocenters. The van der Waals surface area contributed by atoms with E-state index in [1.165, 1.54) is 5.56 Å². The standard InChI is InChI=1S/C17H20N2O/c1-13-7-8-16(12-19-13)20-17(15-9-10-18-11-15)14-5-3-2-4-6-14/h2-8,12,15,17-18H,9-11H2,1H3/t15-,17-/m1/s1. The summed E-state index contributed by atoms with van der Waals surface area (Å²) < 4.78 is 6.24. The Morgan fingerprint density at radius 2 is 2.05 bits per heavy atom. The summed E-state index contributed by atoms with van der Waals surface area (Å²) in [6.07, 6.45) is 3.06. The van der Waals surface area contributed by atoms with Crippen molar-refractivity contribution in [1.82, 2.24) is 10.3 Å². The van der Waals surface area contributed by atoms with Crippen molar-refractivity contribution in [2.24, 2.45) is 5.92 Å². The summed E-state index contributed by atoms with van der Waals surface area (Å²) in [5, 5.41) is 3.42. The minimum atomic E-state index is 0.0932. The molecule has 2 heterocycles. The third-order valence-corrected chi connectivity index (χ3v) is 3.80. The van der Waals surface area contributed by atoms with Crippen molar-refractivity contribution in [1.29, 1.82) is 0 Å². The predicted molar refractivity (Wildman–Crippen MR) is 79.8 cm³/mol. The van der Waals surface area contributed by atoms with Crippen molar-refractivity contribution >= 4 is 0 Å². The summed E-state index contributed by atoms with van der Waals surface area (Å²) in [7, 11) is 0. The van der Waals surface area contributed by atoms with Gasteiger partial charge in [0.15, 0.2) is 0 Å². The molecule has 3 nitrogen and oxygen atoms in total. The fourth-order valence-corrected chi connectivity index (χ4v) is 2.69. The van der Waals surface area contributed by atoms with Crippen LogP contribution in [0.1, 0.15) is 23.8 Å². The van der Waals surface area contributed by atoms with Gasteiger partial charge in [-0.25, -0.2) is 0 Å². The second-order valence-electron chi connectivity index (χ2n) is 5.34. The monoisotopic (exact) mass is 268 g/mol. The van der Waals surface area contributed by atoms with Crippen molar-refractivity contribution in [3.05, 3.63) is 59.9 Å². The number of aryl methyl sites for hydroxylation is 1. The molecule has 1 saturated heterocycles. The topological polar surface area (TPSA) is 34.1 Å². The van der Waals surface area contributed by atoms with Crippen LogP contribution in [0.2, 0.25) is 0 Å². The molecule has 1 aromatic carbocycles. The first-order valence-corrected chi connectivity index (χ1v) is 7.18. The lowest BCUT2D eigenvalue weighted by molar-refractivity contribution is 0.144. The van der Waals surface area contributed by atoms with Crippen molar-refractivity contribution in [3.8, 4) is 5.75 Å². The third kappa shape index (κ3) is 2.99. The van der Waals surface area contributed by atoms with E-state index in [-0.39, 0.29) is 6.10 Å². The summed E-state index contributed by atoms with van der Waals surface area (Å²) in [6, 6.07) is 14.5. The summed E-state index contributed by atoms with van der Waals surface area (Å²) in [6.45, 7) is 4.07. The van der Waals surface area contributed by atoms with Crippen LogP contribution in [0.15, 0.2) is 48.7 Å².